The molecular weight excluding hydrogens is 209 g/mol. The van der Waals surface area contributed by atoms with Crippen LogP contribution in [0.25, 0.3) is 10.9 Å². The normalized spacial score (nSPS) is 10.9. The number of carbonyl (C=O) groups is 1. The van der Waals surface area contributed by atoms with Crippen LogP contribution in [0.4, 0.5) is 4.39 Å². The average molecular weight is 221 g/mol. The molecule has 0 bridgehead atoms. The summed E-state index contributed by atoms with van der Waals surface area (Å²) in [7, 11) is 0. The predicted molar refractivity (Wildman–Crippen MR) is 59.1 cm³/mol. The Morgan fingerprint density at radius 3 is 2.81 bits per heavy atom. The van der Waals surface area contributed by atoms with Crippen molar-refractivity contribution in [3.63, 3.8) is 0 Å². The second-order valence-electron chi connectivity index (χ2n) is 3.69. The van der Waals surface area contributed by atoms with E-state index in [-0.39, 0.29) is 11.5 Å². The van der Waals surface area contributed by atoms with Gasteiger partial charge in [-0.2, -0.15) is 0 Å². The number of carboxylic acids is 1. The van der Waals surface area contributed by atoms with Crippen molar-refractivity contribution in [1.82, 2.24) is 4.57 Å². The van der Waals surface area contributed by atoms with E-state index in [1.54, 1.807) is 10.6 Å². The minimum absolute atomic E-state index is 0.211. The number of aromatic nitrogens is 1. The van der Waals surface area contributed by atoms with Gasteiger partial charge < -0.3 is 9.67 Å². The molecule has 0 aliphatic rings. The van der Waals surface area contributed by atoms with Crippen LogP contribution in [0.15, 0.2) is 24.3 Å². The summed E-state index contributed by atoms with van der Waals surface area (Å²) < 4.78 is 14.7. The number of aryl methyl sites for hydroxylation is 1. The molecule has 0 radical (unpaired) electrons. The standard InChI is InChI=1S/C12H12FNO2/c1-2-5-14-10-4-3-9(13)6-8(10)7-11(14)12(15)16/h3-4,6-7H,2,5H2,1H3,(H,15,16). The highest BCUT2D eigenvalue weighted by Crippen LogP contribution is 2.21. The molecule has 2 rings (SSSR count). The smallest absolute Gasteiger partial charge is 0.352 e. The fraction of sp³-hybridized carbons (Fsp3) is 0.250. The first-order valence-corrected chi connectivity index (χ1v) is 5.15. The maximum atomic E-state index is 13.0. The summed E-state index contributed by atoms with van der Waals surface area (Å²) in [6.45, 7) is 2.59. The largest absolute Gasteiger partial charge is 0.477 e. The summed E-state index contributed by atoms with van der Waals surface area (Å²) in [5.74, 6) is -1.33. The number of rotatable bonds is 3. The van der Waals surface area contributed by atoms with Crippen LogP contribution in [-0.2, 0) is 6.54 Å². The van der Waals surface area contributed by atoms with Crippen LogP contribution in [0.2, 0.25) is 0 Å². The van der Waals surface area contributed by atoms with E-state index in [1.165, 1.54) is 18.2 Å². The summed E-state index contributed by atoms with van der Waals surface area (Å²) in [6, 6.07) is 5.83. The molecule has 2 aromatic rings. The van der Waals surface area contributed by atoms with Crippen molar-refractivity contribution in [2.45, 2.75) is 19.9 Å². The van der Waals surface area contributed by atoms with Gasteiger partial charge in [0.2, 0.25) is 0 Å². The molecule has 0 aliphatic heterocycles. The predicted octanol–water partition coefficient (Wildman–Crippen LogP) is 2.89. The van der Waals surface area contributed by atoms with E-state index in [1.807, 2.05) is 6.92 Å². The lowest BCUT2D eigenvalue weighted by Crippen LogP contribution is -2.07. The average Bonchev–Trinajstić information content (AvgIpc) is 2.57. The number of nitrogens with zero attached hydrogens (tertiary/aromatic N) is 1. The lowest BCUT2D eigenvalue weighted by molar-refractivity contribution is 0.0685. The summed E-state index contributed by atoms with van der Waals surface area (Å²) in [6.07, 6.45) is 0.835. The van der Waals surface area contributed by atoms with Gasteiger partial charge in [0.25, 0.3) is 0 Å². The van der Waals surface area contributed by atoms with Crippen LogP contribution >= 0.6 is 0 Å². The Morgan fingerprint density at radius 2 is 2.19 bits per heavy atom. The van der Waals surface area contributed by atoms with Crippen LogP contribution in [0.5, 0.6) is 0 Å². The van der Waals surface area contributed by atoms with E-state index >= 15 is 0 Å². The van der Waals surface area contributed by atoms with Gasteiger partial charge in [-0.05, 0) is 30.7 Å². The molecule has 0 aliphatic carbocycles. The van der Waals surface area contributed by atoms with Crippen molar-refractivity contribution < 1.29 is 14.3 Å². The van der Waals surface area contributed by atoms with E-state index in [4.69, 9.17) is 5.11 Å². The first-order valence-electron chi connectivity index (χ1n) is 5.15. The summed E-state index contributed by atoms with van der Waals surface area (Å²) >= 11 is 0. The maximum absolute atomic E-state index is 13.0. The van der Waals surface area contributed by atoms with Crippen LogP contribution in [0.1, 0.15) is 23.8 Å². The highest BCUT2D eigenvalue weighted by Gasteiger charge is 2.14. The molecule has 1 N–H and O–H groups in total. The quantitative estimate of drug-likeness (QED) is 0.865. The Kier molecular flexibility index (Phi) is 2.64. The number of benzene rings is 1. The lowest BCUT2D eigenvalue weighted by atomic mass is 10.2. The van der Waals surface area contributed by atoms with Crippen molar-refractivity contribution in [2.24, 2.45) is 0 Å². The number of aromatic carboxylic acids is 1. The molecule has 1 heterocycles. The highest BCUT2D eigenvalue weighted by atomic mass is 19.1. The first kappa shape index (κ1) is 10.7. The maximum Gasteiger partial charge on any atom is 0.352 e. The molecule has 0 saturated heterocycles. The molecule has 84 valence electrons. The van der Waals surface area contributed by atoms with Gasteiger partial charge in [-0.1, -0.05) is 6.92 Å². The molecule has 0 spiro atoms. The minimum Gasteiger partial charge on any atom is -0.477 e. The topological polar surface area (TPSA) is 42.2 Å². The number of fused-ring (bicyclic) bond motifs is 1. The molecule has 16 heavy (non-hydrogen) atoms. The molecule has 3 nitrogen and oxygen atoms in total. The monoisotopic (exact) mass is 221 g/mol. The minimum atomic E-state index is -0.981. The Morgan fingerprint density at radius 1 is 1.44 bits per heavy atom. The molecule has 0 unspecified atom stereocenters. The summed E-state index contributed by atoms with van der Waals surface area (Å²) in [5, 5.41) is 9.68. The molecule has 1 aromatic carbocycles. The molecule has 1 aromatic heterocycles. The Balaban J connectivity index is 2.70. The van der Waals surface area contributed by atoms with E-state index in [2.05, 4.69) is 0 Å². The van der Waals surface area contributed by atoms with Gasteiger partial charge in [0, 0.05) is 17.4 Å². The van der Waals surface area contributed by atoms with Gasteiger partial charge in [0.05, 0.1) is 0 Å². The summed E-state index contributed by atoms with van der Waals surface area (Å²) in [5.41, 5.74) is 0.975. The van der Waals surface area contributed by atoms with Crippen molar-refractivity contribution in [3.8, 4) is 0 Å². The van der Waals surface area contributed by atoms with Crippen LogP contribution in [0.3, 0.4) is 0 Å². The van der Waals surface area contributed by atoms with Crippen LogP contribution < -0.4 is 0 Å². The van der Waals surface area contributed by atoms with Gasteiger partial charge in [-0.3, -0.25) is 0 Å². The molecular formula is C12H12FNO2. The number of hydrogen-bond acceptors (Lipinski definition) is 1. The van der Waals surface area contributed by atoms with E-state index < -0.39 is 5.97 Å². The number of hydrogen-bond donors (Lipinski definition) is 1. The third kappa shape index (κ3) is 1.66. The van der Waals surface area contributed by atoms with Gasteiger partial charge in [0.15, 0.2) is 0 Å². The summed E-state index contributed by atoms with van der Waals surface area (Å²) in [4.78, 5) is 11.0. The fourth-order valence-corrected chi connectivity index (χ4v) is 1.88. The van der Waals surface area contributed by atoms with Gasteiger partial charge in [-0.15, -0.1) is 0 Å². The van der Waals surface area contributed by atoms with Gasteiger partial charge in [0.1, 0.15) is 11.5 Å². The number of carboxylic acid groups (broad SMARTS) is 1. The first-order chi connectivity index (χ1) is 7.63. The van der Waals surface area contributed by atoms with E-state index in [0.29, 0.717) is 11.9 Å². The molecule has 0 saturated carbocycles. The SMILES string of the molecule is CCCn1c(C(=O)O)cc2cc(F)ccc21. The second kappa shape index (κ2) is 3.96. The third-order valence-corrected chi connectivity index (χ3v) is 2.53. The van der Waals surface area contributed by atoms with Crippen molar-refractivity contribution in [2.75, 3.05) is 0 Å². The van der Waals surface area contributed by atoms with Crippen molar-refractivity contribution >= 4 is 16.9 Å². The zero-order valence-electron chi connectivity index (χ0n) is 8.90. The van der Waals surface area contributed by atoms with Crippen LogP contribution in [-0.4, -0.2) is 15.6 Å². The lowest BCUT2D eigenvalue weighted by Gasteiger charge is -2.05. The zero-order chi connectivity index (χ0) is 11.7. The Labute approximate surface area is 92.1 Å². The van der Waals surface area contributed by atoms with E-state index in [9.17, 15) is 9.18 Å². The molecule has 0 atom stereocenters. The molecule has 4 heteroatoms. The van der Waals surface area contributed by atoms with E-state index in [0.717, 1.165) is 11.9 Å². The van der Waals surface area contributed by atoms with Crippen LogP contribution in [0, 0.1) is 5.82 Å². The highest BCUT2D eigenvalue weighted by molar-refractivity contribution is 5.94. The van der Waals surface area contributed by atoms with Crippen molar-refractivity contribution in [1.29, 1.82) is 0 Å². The fourth-order valence-electron chi connectivity index (χ4n) is 1.88. The van der Waals surface area contributed by atoms with Gasteiger partial charge in [-0.25, -0.2) is 9.18 Å². The van der Waals surface area contributed by atoms with Gasteiger partial charge >= 0.3 is 5.97 Å². The Bertz CT molecular complexity index is 545. The third-order valence-electron chi connectivity index (χ3n) is 2.53. The number of halogens is 1. The van der Waals surface area contributed by atoms with Crippen molar-refractivity contribution in [3.05, 3.63) is 35.8 Å². The molecule has 0 amide bonds. The zero-order valence-corrected chi connectivity index (χ0v) is 8.90. The molecule has 0 fully saturated rings. The second-order valence-corrected chi connectivity index (χ2v) is 3.69. The Hall–Kier alpha value is -1.84.